The van der Waals surface area contributed by atoms with Crippen LogP contribution in [0.3, 0.4) is 0 Å². The van der Waals surface area contributed by atoms with Gasteiger partial charge >= 0.3 is 6.11 Å². The Morgan fingerprint density at radius 3 is 2.22 bits per heavy atom. The van der Waals surface area contributed by atoms with Crippen molar-refractivity contribution in [2.45, 2.75) is 51.6 Å². The van der Waals surface area contributed by atoms with E-state index in [1.54, 1.807) is 12.1 Å². The Bertz CT molecular complexity index is 749. The van der Waals surface area contributed by atoms with Crippen molar-refractivity contribution in [2.75, 3.05) is 0 Å². The van der Waals surface area contributed by atoms with Crippen LogP contribution in [0, 0.1) is 23.5 Å². The van der Waals surface area contributed by atoms with Crippen molar-refractivity contribution in [3.05, 3.63) is 71.1 Å². The van der Waals surface area contributed by atoms with Gasteiger partial charge in [0, 0.05) is 12.0 Å². The van der Waals surface area contributed by atoms with E-state index >= 15 is 0 Å². The molecule has 1 saturated carbocycles. The first kappa shape index (κ1) is 19.7. The molecule has 1 nitrogen and oxygen atoms in total. The van der Waals surface area contributed by atoms with Gasteiger partial charge in [0.25, 0.3) is 0 Å². The van der Waals surface area contributed by atoms with Crippen molar-refractivity contribution in [1.29, 1.82) is 0 Å². The number of hydrogen-bond donors (Lipinski definition) is 0. The molecule has 5 heteroatoms. The first-order valence-corrected chi connectivity index (χ1v) is 9.36. The molecule has 27 heavy (non-hydrogen) atoms. The standard InChI is InChI=1S/C22H23F4O/c1-2-3-15-4-6-16(7-5-15)17-8-10-18(11-9-17)22(25,26)27-19-12-13-20(23)21(24)14-19/h8-15H,2-7H2,1H3. The molecule has 1 fully saturated rings. The van der Waals surface area contributed by atoms with Crippen molar-refractivity contribution in [3.8, 4) is 5.75 Å². The maximum atomic E-state index is 14.3. The van der Waals surface area contributed by atoms with E-state index in [4.69, 9.17) is 0 Å². The topological polar surface area (TPSA) is 9.23 Å². The maximum Gasteiger partial charge on any atom is 0.426 e. The van der Waals surface area contributed by atoms with Crippen LogP contribution in [0.25, 0.3) is 0 Å². The van der Waals surface area contributed by atoms with Gasteiger partial charge in [0.2, 0.25) is 0 Å². The van der Waals surface area contributed by atoms with Gasteiger partial charge in [0.15, 0.2) is 11.6 Å². The second-order valence-electron chi connectivity index (χ2n) is 7.11. The highest BCUT2D eigenvalue weighted by atomic mass is 19.3. The minimum atomic E-state index is -3.63. The first-order chi connectivity index (χ1) is 12.9. The number of hydrogen-bond acceptors (Lipinski definition) is 1. The quantitative estimate of drug-likeness (QED) is 0.491. The van der Waals surface area contributed by atoms with Gasteiger partial charge in [-0.2, -0.15) is 8.78 Å². The largest absolute Gasteiger partial charge is 0.429 e. The zero-order chi connectivity index (χ0) is 19.4. The van der Waals surface area contributed by atoms with Gasteiger partial charge in [-0.1, -0.05) is 31.9 Å². The Morgan fingerprint density at radius 2 is 1.63 bits per heavy atom. The van der Waals surface area contributed by atoms with Gasteiger partial charge in [0.1, 0.15) is 5.75 Å². The fourth-order valence-corrected chi connectivity index (χ4v) is 3.66. The summed E-state index contributed by atoms with van der Waals surface area (Å²) in [7, 11) is 0. The monoisotopic (exact) mass is 379 g/mol. The van der Waals surface area contributed by atoms with Gasteiger partial charge < -0.3 is 4.74 Å². The number of benzene rings is 2. The van der Waals surface area contributed by atoms with E-state index in [-0.39, 0.29) is 5.56 Å². The van der Waals surface area contributed by atoms with Crippen molar-refractivity contribution in [2.24, 2.45) is 5.92 Å². The van der Waals surface area contributed by atoms with Gasteiger partial charge in [0.05, 0.1) is 5.56 Å². The van der Waals surface area contributed by atoms with Crippen LogP contribution in [-0.2, 0) is 6.11 Å². The third-order valence-corrected chi connectivity index (χ3v) is 5.17. The Kier molecular flexibility index (Phi) is 6.08. The summed E-state index contributed by atoms with van der Waals surface area (Å²) in [4.78, 5) is 0. The van der Waals surface area contributed by atoms with Crippen LogP contribution in [0.1, 0.15) is 56.6 Å². The van der Waals surface area contributed by atoms with Crippen molar-refractivity contribution >= 4 is 0 Å². The van der Waals surface area contributed by atoms with E-state index in [0.717, 1.165) is 49.3 Å². The second-order valence-corrected chi connectivity index (χ2v) is 7.11. The summed E-state index contributed by atoms with van der Waals surface area (Å²) in [6.07, 6.45) is 3.13. The lowest BCUT2D eigenvalue weighted by atomic mass is 9.77. The molecule has 0 amide bonds. The maximum absolute atomic E-state index is 14.3. The average Bonchev–Trinajstić information content (AvgIpc) is 2.66. The lowest BCUT2D eigenvalue weighted by molar-refractivity contribution is -0.185. The average molecular weight is 379 g/mol. The minimum absolute atomic E-state index is 0.323. The molecular formula is C22H23F4O. The lowest BCUT2D eigenvalue weighted by Gasteiger charge is -2.28. The molecule has 0 spiro atoms. The molecule has 1 aliphatic rings. The number of halogens is 4. The molecule has 0 unspecified atom stereocenters. The Morgan fingerprint density at radius 1 is 0.963 bits per heavy atom. The molecule has 1 radical (unpaired) electrons. The summed E-state index contributed by atoms with van der Waals surface area (Å²) >= 11 is 0. The SMILES string of the molecule is CCCC1CC[C](c2ccc(C(F)(F)Oc3ccc(F)c(F)c3)cc2)CC1. The zero-order valence-electron chi connectivity index (χ0n) is 15.3. The highest BCUT2D eigenvalue weighted by Gasteiger charge is 2.35. The Balaban J connectivity index is 1.66. The van der Waals surface area contributed by atoms with E-state index in [9.17, 15) is 17.6 Å². The predicted octanol–water partition coefficient (Wildman–Crippen LogP) is 7.01. The van der Waals surface area contributed by atoms with Crippen LogP contribution in [0.4, 0.5) is 17.6 Å². The summed E-state index contributed by atoms with van der Waals surface area (Å²) in [6.45, 7) is 2.19. The molecule has 3 rings (SSSR count). The molecule has 1 aliphatic carbocycles. The van der Waals surface area contributed by atoms with E-state index in [0.29, 0.717) is 6.07 Å². The fourth-order valence-electron chi connectivity index (χ4n) is 3.66. The summed E-state index contributed by atoms with van der Waals surface area (Å²) < 4.78 is 59.4. The molecule has 0 aliphatic heterocycles. The Hall–Kier alpha value is -2.04. The Labute approximate surface area is 157 Å². The normalized spacial score (nSPS) is 16.5. The summed E-state index contributed by atoms with van der Waals surface area (Å²) in [5.74, 6) is -0.688. The fraction of sp³-hybridized carbons (Fsp3) is 0.409. The third kappa shape index (κ3) is 4.82. The molecule has 2 aromatic rings. The minimum Gasteiger partial charge on any atom is -0.429 e. The summed E-state index contributed by atoms with van der Waals surface area (Å²) in [5, 5.41) is 0. The van der Waals surface area contributed by atoms with Crippen LogP contribution in [-0.4, -0.2) is 0 Å². The lowest BCUT2D eigenvalue weighted by Crippen LogP contribution is -2.22. The smallest absolute Gasteiger partial charge is 0.426 e. The number of alkyl halides is 2. The second kappa shape index (κ2) is 8.32. The molecule has 2 aromatic carbocycles. The molecule has 0 heterocycles. The molecule has 0 N–H and O–H groups in total. The molecule has 0 saturated heterocycles. The molecule has 0 atom stereocenters. The van der Waals surface area contributed by atoms with Crippen LogP contribution < -0.4 is 4.74 Å². The van der Waals surface area contributed by atoms with Crippen LogP contribution in [0.5, 0.6) is 5.75 Å². The van der Waals surface area contributed by atoms with Crippen molar-refractivity contribution in [3.63, 3.8) is 0 Å². The molecular weight excluding hydrogens is 356 g/mol. The van der Waals surface area contributed by atoms with Gasteiger partial charge in [-0.05, 0) is 61.4 Å². The van der Waals surface area contributed by atoms with Gasteiger partial charge in [-0.15, -0.1) is 0 Å². The molecule has 0 aromatic heterocycles. The third-order valence-electron chi connectivity index (χ3n) is 5.17. The number of ether oxygens (including phenoxy) is 1. The van der Waals surface area contributed by atoms with E-state index in [1.807, 2.05) is 0 Å². The van der Waals surface area contributed by atoms with E-state index in [2.05, 4.69) is 11.7 Å². The van der Waals surface area contributed by atoms with Crippen molar-refractivity contribution < 1.29 is 22.3 Å². The summed E-state index contributed by atoms with van der Waals surface area (Å²) in [5.41, 5.74) is 0.661. The predicted molar refractivity (Wildman–Crippen MR) is 96.5 cm³/mol. The van der Waals surface area contributed by atoms with Crippen LogP contribution in [0.2, 0.25) is 0 Å². The summed E-state index contributed by atoms with van der Waals surface area (Å²) in [6, 6.07) is 8.39. The molecule has 0 bridgehead atoms. The van der Waals surface area contributed by atoms with E-state index < -0.39 is 23.5 Å². The van der Waals surface area contributed by atoms with Crippen LogP contribution >= 0.6 is 0 Å². The zero-order valence-corrected chi connectivity index (χ0v) is 15.3. The van der Waals surface area contributed by atoms with Gasteiger partial charge in [-0.3, -0.25) is 0 Å². The van der Waals surface area contributed by atoms with Gasteiger partial charge in [-0.25, -0.2) is 8.78 Å². The van der Waals surface area contributed by atoms with E-state index in [1.165, 1.54) is 30.9 Å². The molecule has 145 valence electrons. The first-order valence-electron chi connectivity index (χ1n) is 9.36. The highest BCUT2D eigenvalue weighted by molar-refractivity contribution is 5.35. The highest BCUT2D eigenvalue weighted by Crippen LogP contribution is 2.38. The van der Waals surface area contributed by atoms with Crippen molar-refractivity contribution in [1.82, 2.24) is 0 Å². The number of rotatable bonds is 6. The van der Waals surface area contributed by atoms with Crippen LogP contribution in [0.15, 0.2) is 42.5 Å².